The lowest BCUT2D eigenvalue weighted by Gasteiger charge is -2.39. The Labute approximate surface area is 103 Å². The zero-order valence-corrected chi connectivity index (χ0v) is 10.7. The van der Waals surface area contributed by atoms with Crippen LogP contribution in [0.5, 0.6) is 5.75 Å². The fraction of sp³-hybridized carbons (Fsp3) is 0.455. The van der Waals surface area contributed by atoms with Crippen LogP contribution in [-0.4, -0.2) is 24.7 Å². The summed E-state index contributed by atoms with van der Waals surface area (Å²) in [7, 11) is 1.66. The van der Waals surface area contributed by atoms with E-state index in [2.05, 4.69) is 15.9 Å². The summed E-state index contributed by atoms with van der Waals surface area (Å²) < 4.78 is 12.0. The highest BCUT2D eigenvalue weighted by atomic mass is 79.9. The van der Waals surface area contributed by atoms with Crippen LogP contribution in [0.25, 0.3) is 0 Å². The van der Waals surface area contributed by atoms with Crippen LogP contribution in [0.3, 0.4) is 0 Å². The van der Waals surface area contributed by atoms with E-state index < -0.39 is 0 Å². The molecule has 0 N–H and O–H groups in total. The van der Waals surface area contributed by atoms with Gasteiger partial charge in [-0.15, -0.1) is 11.6 Å². The van der Waals surface area contributed by atoms with Crippen molar-refractivity contribution in [3.63, 3.8) is 0 Å². The quantitative estimate of drug-likeness (QED) is 0.796. The van der Waals surface area contributed by atoms with Gasteiger partial charge in [-0.3, -0.25) is 0 Å². The second-order valence-electron chi connectivity index (χ2n) is 3.57. The van der Waals surface area contributed by atoms with Crippen LogP contribution in [0.2, 0.25) is 0 Å². The van der Waals surface area contributed by atoms with Gasteiger partial charge in [-0.05, 0) is 18.2 Å². The van der Waals surface area contributed by atoms with Crippen molar-refractivity contribution in [2.24, 2.45) is 0 Å². The number of rotatable bonds is 3. The summed E-state index contributed by atoms with van der Waals surface area (Å²) in [6.45, 7) is 0. The summed E-state index contributed by atoms with van der Waals surface area (Å²) >= 11 is 9.39. The van der Waals surface area contributed by atoms with Crippen LogP contribution < -0.4 is 4.74 Å². The van der Waals surface area contributed by atoms with E-state index in [0.717, 1.165) is 16.6 Å². The number of alkyl halides is 1. The van der Waals surface area contributed by atoms with Gasteiger partial charge in [0.05, 0.1) is 5.38 Å². The Kier molecular flexibility index (Phi) is 3.54. The Morgan fingerprint density at radius 3 is 2.87 bits per heavy atom. The third kappa shape index (κ3) is 2.47. The minimum atomic E-state index is 0.00523. The van der Waals surface area contributed by atoms with Gasteiger partial charge in [-0.25, -0.2) is 0 Å². The number of hydrogen-bond donors (Lipinski definition) is 0. The first-order valence-electron chi connectivity index (χ1n) is 4.80. The summed E-state index contributed by atoms with van der Waals surface area (Å²) in [5.41, 5.74) is 0. The fourth-order valence-electron chi connectivity index (χ4n) is 1.66. The average molecular weight is 292 g/mol. The van der Waals surface area contributed by atoms with E-state index in [0.29, 0.717) is 0 Å². The molecule has 1 aliphatic rings. The lowest BCUT2D eigenvalue weighted by molar-refractivity contribution is -0.0583. The number of benzene rings is 1. The molecule has 0 radical (unpaired) electrons. The van der Waals surface area contributed by atoms with Crippen molar-refractivity contribution >= 4 is 27.5 Å². The summed E-state index contributed by atoms with van der Waals surface area (Å²) in [4.78, 5) is 0. The van der Waals surface area contributed by atoms with Crippen LogP contribution in [-0.2, 0) is 4.74 Å². The highest BCUT2D eigenvalue weighted by molar-refractivity contribution is 9.10. The fourth-order valence-corrected chi connectivity index (χ4v) is 2.48. The van der Waals surface area contributed by atoms with Crippen LogP contribution in [0.15, 0.2) is 28.7 Å². The maximum atomic E-state index is 5.99. The average Bonchev–Trinajstić information content (AvgIpc) is 2.17. The third-order valence-corrected chi connectivity index (χ3v) is 3.46. The molecule has 3 unspecified atom stereocenters. The van der Waals surface area contributed by atoms with E-state index in [1.165, 1.54) is 0 Å². The molecule has 1 aliphatic carbocycles. The zero-order valence-electron chi connectivity index (χ0n) is 8.32. The Balaban J connectivity index is 1.98. The van der Waals surface area contributed by atoms with Crippen LogP contribution in [0.4, 0.5) is 0 Å². The minimum Gasteiger partial charge on any atom is -0.488 e. The molecule has 1 aromatic rings. The molecular formula is C11H12BrClO2. The van der Waals surface area contributed by atoms with Gasteiger partial charge in [0.2, 0.25) is 0 Å². The Hall–Kier alpha value is -0.250. The lowest BCUT2D eigenvalue weighted by atomic mass is 9.91. The number of halogens is 2. The maximum Gasteiger partial charge on any atom is 0.128 e. The summed E-state index contributed by atoms with van der Waals surface area (Å²) in [6.07, 6.45) is 0.921. The topological polar surface area (TPSA) is 18.5 Å². The van der Waals surface area contributed by atoms with Gasteiger partial charge in [0.1, 0.15) is 18.0 Å². The molecule has 4 heteroatoms. The molecule has 1 fully saturated rings. The molecule has 2 nitrogen and oxygen atoms in total. The first-order chi connectivity index (χ1) is 7.20. The van der Waals surface area contributed by atoms with Crippen molar-refractivity contribution in [2.75, 3.05) is 7.11 Å². The first kappa shape index (κ1) is 11.2. The Morgan fingerprint density at radius 1 is 1.47 bits per heavy atom. The van der Waals surface area contributed by atoms with E-state index in [1.807, 2.05) is 24.3 Å². The second kappa shape index (κ2) is 4.73. The predicted octanol–water partition coefficient (Wildman–Crippen LogP) is 3.22. The van der Waals surface area contributed by atoms with Crippen molar-refractivity contribution < 1.29 is 9.47 Å². The standard InChI is InChI=1S/C11H12BrClO2/c1-14-11-9(13)6-10(11)15-8-4-2-3-7(12)5-8/h2-5,9-11H,6H2,1H3. The molecule has 3 atom stereocenters. The van der Waals surface area contributed by atoms with Gasteiger partial charge in [-0.2, -0.15) is 0 Å². The van der Waals surface area contributed by atoms with E-state index in [1.54, 1.807) is 7.11 Å². The number of methoxy groups -OCH3 is 1. The molecule has 0 saturated heterocycles. The van der Waals surface area contributed by atoms with Gasteiger partial charge in [0.15, 0.2) is 0 Å². The van der Waals surface area contributed by atoms with Gasteiger partial charge in [0.25, 0.3) is 0 Å². The van der Waals surface area contributed by atoms with Gasteiger partial charge < -0.3 is 9.47 Å². The summed E-state index contributed by atoms with van der Waals surface area (Å²) in [5.74, 6) is 0.847. The van der Waals surface area contributed by atoms with Crippen molar-refractivity contribution in [3.05, 3.63) is 28.7 Å². The van der Waals surface area contributed by atoms with Crippen molar-refractivity contribution in [1.29, 1.82) is 0 Å². The van der Waals surface area contributed by atoms with E-state index in [9.17, 15) is 0 Å². The normalized spacial score (nSPS) is 29.7. The zero-order chi connectivity index (χ0) is 10.8. The number of ether oxygens (including phenoxy) is 2. The number of hydrogen-bond acceptors (Lipinski definition) is 2. The Morgan fingerprint density at radius 2 is 2.27 bits per heavy atom. The predicted molar refractivity (Wildman–Crippen MR) is 63.6 cm³/mol. The van der Waals surface area contributed by atoms with Crippen LogP contribution in [0, 0.1) is 0 Å². The molecule has 82 valence electrons. The molecule has 1 aromatic carbocycles. The highest BCUT2D eigenvalue weighted by Gasteiger charge is 2.42. The SMILES string of the molecule is COC1C(Cl)CC1Oc1cccc(Br)c1. The Bertz CT molecular complexity index is 345. The summed E-state index contributed by atoms with van der Waals surface area (Å²) in [5, 5.41) is 0.0761. The lowest BCUT2D eigenvalue weighted by Crippen LogP contribution is -2.52. The molecule has 15 heavy (non-hydrogen) atoms. The van der Waals surface area contributed by atoms with Gasteiger partial charge in [0, 0.05) is 18.0 Å². The summed E-state index contributed by atoms with van der Waals surface area (Å²) in [6, 6.07) is 7.77. The molecule has 0 spiro atoms. The van der Waals surface area contributed by atoms with E-state index >= 15 is 0 Å². The van der Waals surface area contributed by atoms with Crippen LogP contribution in [0.1, 0.15) is 6.42 Å². The molecule has 0 bridgehead atoms. The first-order valence-corrected chi connectivity index (χ1v) is 6.02. The van der Waals surface area contributed by atoms with Crippen molar-refractivity contribution in [2.45, 2.75) is 24.0 Å². The monoisotopic (exact) mass is 290 g/mol. The van der Waals surface area contributed by atoms with Crippen molar-refractivity contribution in [1.82, 2.24) is 0 Å². The largest absolute Gasteiger partial charge is 0.488 e. The molecule has 0 aromatic heterocycles. The van der Waals surface area contributed by atoms with Crippen LogP contribution >= 0.6 is 27.5 Å². The molecule has 0 aliphatic heterocycles. The third-order valence-electron chi connectivity index (χ3n) is 2.54. The van der Waals surface area contributed by atoms with Crippen molar-refractivity contribution in [3.8, 4) is 5.75 Å². The van der Waals surface area contributed by atoms with Gasteiger partial charge >= 0.3 is 0 Å². The van der Waals surface area contributed by atoms with Gasteiger partial charge in [-0.1, -0.05) is 22.0 Å². The van der Waals surface area contributed by atoms with E-state index in [4.69, 9.17) is 21.1 Å². The molecule has 1 saturated carbocycles. The molecule has 0 amide bonds. The minimum absolute atomic E-state index is 0.00523. The maximum absolute atomic E-state index is 5.99. The smallest absolute Gasteiger partial charge is 0.128 e. The molecule has 2 rings (SSSR count). The second-order valence-corrected chi connectivity index (χ2v) is 5.04. The highest BCUT2D eigenvalue weighted by Crippen LogP contribution is 2.33. The molecular weight excluding hydrogens is 279 g/mol. The molecule has 0 heterocycles. The van der Waals surface area contributed by atoms with E-state index in [-0.39, 0.29) is 17.6 Å².